The van der Waals surface area contributed by atoms with Crippen molar-refractivity contribution in [2.45, 2.75) is 47.6 Å². The zero-order valence-electron chi connectivity index (χ0n) is 13.4. The van der Waals surface area contributed by atoms with Crippen LogP contribution in [0, 0.1) is 25.2 Å². The second-order valence-electron chi connectivity index (χ2n) is 6.61. The van der Waals surface area contributed by atoms with Crippen LogP contribution in [0.4, 0.5) is 0 Å². The van der Waals surface area contributed by atoms with E-state index < -0.39 is 6.10 Å². The average molecular weight is 277 g/mol. The SMILES string of the molecule is Cc1cccc(C(=O)NCC(C)(C)C(O)C(C)C)c1C. The largest absolute Gasteiger partial charge is 0.392 e. The maximum Gasteiger partial charge on any atom is 0.251 e. The van der Waals surface area contributed by atoms with Crippen LogP contribution in [0.2, 0.25) is 0 Å². The molecule has 20 heavy (non-hydrogen) atoms. The van der Waals surface area contributed by atoms with E-state index in [0.717, 1.165) is 11.1 Å². The van der Waals surface area contributed by atoms with E-state index in [0.29, 0.717) is 12.1 Å². The molecule has 0 bridgehead atoms. The zero-order chi connectivity index (χ0) is 15.5. The summed E-state index contributed by atoms with van der Waals surface area (Å²) >= 11 is 0. The monoisotopic (exact) mass is 277 g/mol. The Morgan fingerprint density at radius 2 is 1.90 bits per heavy atom. The summed E-state index contributed by atoms with van der Waals surface area (Å²) in [5, 5.41) is 13.1. The highest BCUT2D eigenvalue weighted by molar-refractivity contribution is 5.95. The van der Waals surface area contributed by atoms with Crippen LogP contribution >= 0.6 is 0 Å². The van der Waals surface area contributed by atoms with Gasteiger partial charge >= 0.3 is 0 Å². The van der Waals surface area contributed by atoms with E-state index in [9.17, 15) is 9.90 Å². The van der Waals surface area contributed by atoms with Crippen molar-refractivity contribution in [3.63, 3.8) is 0 Å². The maximum atomic E-state index is 12.3. The van der Waals surface area contributed by atoms with Crippen LogP contribution in [0.25, 0.3) is 0 Å². The molecule has 0 saturated heterocycles. The number of benzene rings is 1. The molecule has 1 rings (SSSR count). The highest BCUT2D eigenvalue weighted by atomic mass is 16.3. The molecule has 1 aromatic rings. The molecule has 0 fully saturated rings. The number of hydrogen-bond donors (Lipinski definition) is 2. The van der Waals surface area contributed by atoms with Gasteiger partial charge in [-0.25, -0.2) is 0 Å². The Labute approximate surface area is 122 Å². The van der Waals surface area contributed by atoms with Gasteiger partial charge in [0.05, 0.1) is 6.10 Å². The second kappa shape index (κ2) is 6.40. The minimum Gasteiger partial charge on any atom is -0.392 e. The molecule has 0 radical (unpaired) electrons. The van der Waals surface area contributed by atoms with Crippen molar-refractivity contribution in [2.24, 2.45) is 11.3 Å². The quantitative estimate of drug-likeness (QED) is 0.869. The van der Waals surface area contributed by atoms with Gasteiger partial charge in [0.1, 0.15) is 0 Å². The number of aliphatic hydroxyl groups is 1. The van der Waals surface area contributed by atoms with E-state index in [2.05, 4.69) is 5.32 Å². The maximum absolute atomic E-state index is 12.3. The van der Waals surface area contributed by atoms with Gasteiger partial charge in [-0.2, -0.15) is 0 Å². The molecule has 0 aliphatic carbocycles. The summed E-state index contributed by atoms with van der Waals surface area (Å²) in [4.78, 5) is 12.3. The van der Waals surface area contributed by atoms with E-state index in [1.165, 1.54) is 0 Å². The first-order chi connectivity index (χ1) is 9.16. The third-order valence-corrected chi connectivity index (χ3v) is 3.99. The highest BCUT2D eigenvalue weighted by Gasteiger charge is 2.30. The predicted octanol–water partition coefficient (Wildman–Crippen LogP) is 3.08. The lowest BCUT2D eigenvalue weighted by Gasteiger charge is -2.33. The van der Waals surface area contributed by atoms with Crippen molar-refractivity contribution in [2.75, 3.05) is 6.54 Å². The third-order valence-electron chi connectivity index (χ3n) is 3.99. The molecular formula is C17H27NO2. The summed E-state index contributed by atoms with van der Waals surface area (Å²) < 4.78 is 0. The Balaban J connectivity index is 2.75. The molecule has 0 aromatic heterocycles. The van der Waals surface area contributed by atoms with Crippen LogP contribution in [0.1, 0.15) is 49.2 Å². The van der Waals surface area contributed by atoms with Crippen LogP contribution in [0.3, 0.4) is 0 Å². The minimum absolute atomic E-state index is 0.0739. The number of rotatable bonds is 5. The molecule has 112 valence electrons. The lowest BCUT2D eigenvalue weighted by atomic mass is 9.80. The standard InChI is InChI=1S/C17H27NO2/c1-11(2)15(19)17(5,6)10-18-16(20)14-9-7-8-12(3)13(14)4/h7-9,11,15,19H,10H2,1-6H3,(H,18,20). The van der Waals surface area contributed by atoms with E-state index in [4.69, 9.17) is 0 Å². The number of carbonyl (C=O) groups is 1. The Kier molecular flexibility index (Phi) is 5.35. The van der Waals surface area contributed by atoms with Gasteiger partial charge in [0.15, 0.2) is 0 Å². The molecule has 1 unspecified atom stereocenters. The fourth-order valence-electron chi connectivity index (χ4n) is 2.41. The number of aliphatic hydroxyl groups excluding tert-OH is 1. The zero-order valence-corrected chi connectivity index (χ0v) is 13.4. The molecule has 0 heterocycles. The molecule has 1 aromatic carbocycles. The molecule has 0 spiro atoms. The molecule has 3 heteroatoms. The minimum atomic E-state index is -0.443. The van der Waals surface area contributed by atoms with Gasteiger partial charge in [-0.15, -0.1) is 0 Å². The Morgan fingerprint density at radius 1 is 1.30 bits per heavy atom. The first-order valence-corrected chi connectivity index (χ1v) is 7.19. The van der Waals surface area contributed by atoms with Crippen LogP contribution < -0.4 is 5.32 Å². The molecule has 0 saturated carbocycles. The molecule has 2 N–H and O–H groups in total. The van der Waals surface area contributed by atoms with Crippen LogP contribution in [-0.2, 0) is 0 Å². The fraction of sp³-hybridized carbons (Fsp3) is 0.588. The van der Waals surface area contributed by atoms with Gasteiger partial charge in [-0.05, 0) is 37.0 Å². The van der Waals surface area contributed by atoms with Crippen molar-refractivity contribution in [3.05, 3.63) is 34.9 Å². The summed E-state index contributed by atoms with van der Waals surface area (Å²) in [6, 6.07) is 5.73. The number of hydrogen-bond acceptors (Lipinski definition) is 2. The van der Waals surface area contributed by atoms with E-state index in [1.807, 2.05) is 59.7 Å². The molecular weight excluding hydrogens is 250 g/mol. The number of amides is 1. The second-order valence-corrected chi connectivity index (χ2v) is 6.61. The van der Waals surface area contributed by atoms with Gasteiger partial charge in [-0.1, -0.05) is 39.8 Å². The number of aryl methyl sites for hydroxylation is 1. The average Bonchev–Trinajstić information content (AvgIpc) is 2.38. The Hall–Kier alpha value is -1.35. The van der Waals surface area contributed by atoms with Crippen LogP contribution in [0.15, 0.2) is 18.2 Å². The molecule has 0 aliphatic heterocycles. The van der Waals surface area contributed by atoms with Crippen molar-refractivity contribution >= 4 is 5.91 Å². The fourth-order valence-corrected chi connectivity index (χ4v) is 2.41. The smallest absolute Gasteiger partial charge is 0.251 e. The van der Waals surface area contributed by atoms with Gasteiger partial charge in [0, 0.05) is 17.5 Å². The number of nitrogens with one attached hydrogen (secondary N) is 1. The summed E-state index contributed by atoms with van der Waals surface area (Å²) in [7, 11) is 0. The van der Waals surface area contributed by atoms with Gasteiger partial charge in [-0.3, -0.25) is 4.79 Å². The Morgan fingerprint density at radius 3 is 2.45 bits per heavy atom. The van der Waals surface area contributed by atoms with Crippen molar-refractivity contribution in [1.82, 2.24) is 5.32 Å². The number of carbonyl (C=O) groups excluding carboxylic acids is 1. The summed E-state index contributed by atoms with van der Waals surface area (Å²) in [6.45, 7) is 12.3. The van der Waals surface area contributed by atoms with Crippen LogP contribution in [-0.4, -0.2) is 23.7 Å². The molecule has 0 aliphatic rings. The van der Waals surface area contributed by atoms with Crippen molar-refractivity contribution < 1.29 is 9.90 Å². The molecule has 1 amide bonds. The Bertz CT molecular complexity index is 478. The van der Waals surface area contributed by atoms with E-state index in [1.54, 1.807) is 0 Å². The van der Waals surface area contributed by atoms with E-state index >= 15 is 0 Å². The van der Waals surface area contributed by atoms with Crippen molar-refractivity contribution in [1.29, 1.82) is 0 Å². The lowest BCUT2D eigenvalue weighted by Crippen LogP contribution is -2.43. The van der Waals surface area contributed by atoms with Gasteiger partial charge in [0.25, 0.3) is 5.91 Å². The third kappa shape index (κ3) is 3.83. The van der Waals surface area contributed by atoms with Crippen LogP contribution in [0.5, 0.6) is 0 Å². The topological polar surface area (TPSA) is 49.3 Å². The van der Waals surface area contributed by atoms with E-state index in [-0.39, 0.29) is 17.2 Å². The highest BCUT2D eigenvalue weighted by Crippen LogP contribution is 2.25. The first-order valence-electron chi connectivity index (χ1n) is 7.19. The predicted molar refractivity (Wildman–Crippen MR) is 82.9 cm³/mol. The van der Waals surface area contributed by atoms with Gasteiger partial charge in [0.2, 0.25) is 0 Å². The molecule has 1 atom stereocenters. The summed E-state index contributed by atoms with van der Waals surface area (Å²) in [5.41, 5.74) is 2.48. The molecule has 3 nitrogen and oxygen atoms in total. The summed E-state index contributed by atoms with van der Waals surface area (Å²) in [5.74, 6) is 0.0952. The first kappa shape index (κ1) is 16.7. The lowest BCUT2D eigenvalue weighted by molar-refractivity contribution is 0.0138. The normalized spacial score (nSPS) is 13.4. The summed E-state index contributed by atoms with van der Waals surface area (Å²) in [6.07, 6.45) is -0.443. The van der Waals surface area contributed by atoms with Crippen molar-refractivity contribution in [3.8, 4) is 0 Å². The van der Waals surface area contributed by atoms with Gasteiger partial charge < -0.3 is 10.4 Å².